The van der Waals surface area contributed by atoms with Crippen molar-refractivity contribution in [2.45, 2.75) is 386 Å². The summed E-state index contributed by atoms with van der Waals surface area (Å²) in [5.74, 6) is -1.59. The molecule has 0 saturated carbocycles. The molecule has 0 aromatic carbocycles. The molecule has 0 aliphatic heterocycles. The first-order valence-corrected chi connectivity index (χ1v) is 47.8. The van der Waals surface area contributed by atoms with Gasteiger partial charge in [-0.25, -0.2) is 9.13 Å². The van der Waals surface area contributed by atoms with Crippen molar-refractivity contribution in [1.29, 1.82) is 0 Å². The van der Waals surface area contributed by atoms with E-state index in [4.69, 9.17) is 32.3 Å². The molecule has 0 aliphatic rings. The first-order chi connectivity index (χ1) is 55.2. The molecule has 0 amide bonds. The van der Waals surface area contributed by atoms with Gasteiger partial charge in [0.2, 0.25) is 0 Å². The summed E-state index contributed by atoms with van der Waals surface area (Å²) in [6, 6.07) is 0. The van der Waals surface area contributed by atoms with Crippen molar-refractivity contribution in [3.05, 3.63) is 158 Å². The Morgan fingerprint density at radius 2 is 0.442 bits per heavy atom. The highest BCUT2D eigenvalue weighted by molar-refractivity contribution is 7.47. The molecule has 0 spiro atoms. The monoisotopic (exact) mass is 1620 g/mol. The second-order valence-corrected chi connectivity index (χ2v) is 32.5. The first kappa shape index (κ1) is 108. The molecule has 0 radical (unpaired) electrons. The number of carbonyl (C=O) groups is 3. The predicted molar refractivity (Wildman–Crippen MR) is 472 cm³/mol. The highest BCUT2D eigenvalue weighted by Gasteiger charge is 2.29. The number of carbonyl (C=O) groups excluding carboxylic acids is 3. The Morgan fingerprint density at radius 1 is 0.248 bits per heavy atom. The van der Waals surface area contributed by atoms with Gasteiger partial charge in [0.05, 0.1) is 26.4 Å². The normalized spacial score (nSPS) is 14.6. The minimum Gasteiger partial charge on any atom is -0.463 e. The largest absolute Gasteiger partial charge is 0.472 e. The number of esters is 3. The number of unbranched alkanes of at least 4 members (excludes halogenated alkanes) is 35. The van der Waals surface area contributed by atoms with E-state index in [0.29, 0.717) is 19.3 Å². The van der Waals surface area contributed by atoms with Crippen molar-refractivity contribution in [2.75, 3.05) is 39.6 Å². The lowest BCUT2D eigenvalue weighted by Crippen LogP contribution is -2.30. The van der Waals surface area contributed by atoms with Gasteiger partial charge in [-0.1, -0.05) is 365 Å². The summed E-state index contributed by atoms with van der Waals surface area (Å²) < 4.78 is 61.4. The average Bonchev–Trinajstić information content (AvgIpc) is 0.903. The lowest BCUT2D eigenvalue weighted by molar-refractivity contribution is -0.161. The Bertz CT molecular complexity index is 2680. The minimum absolute atomic E-state index is 0.0832. The molecule has 0 aliphatic carbocycles. The highest BCUT2D eigenvalue weighted by atomic mass is 31.2. The summed E-state index contributed by atoms with van der Waals surface area (Å²) in [4.78, 5) is 58.9. The summed E-state index contributed by atoms with van der Waals surface area (Å²) in [5.41, 5.74) is 0. The molecule has 0 rings (SSSR count). The number of aliphatic hydroxyl groups excluding tert-OH is 2. The third-order valence-corrected chi connectivity index (χ3v) is 20.6. The molecule has 113 heavy (non-hydrogen) atoms. The number of phosphoric ester groups is 2. The molecule has 0 bridgehead atoms. The minimum atomic E-state index is -4.94. The van der Waals surface area contributed by atoms with Crippen molar-refractivity contribution < 1.29 is 75.8 Å². The van der Waals surface area contributed by atoms with E-state index in [0.717, 1.165) is 154 Å². The van der Waals surface area contributed by atoms with Crippen LogP contribution in [0.15, 0.2) is 158 Å². The molecular formula is C95H162O16P2. The Morgan fingerprint density at radius 3 is 0.699 bits per heavy atom. The number of phosphoric acid groups is 2. The predicted octanol–water partition coefficient (Wildman–Crippen LogP) is 27.3. The molecule has 16 nitrogen and oxygen atoms in total. The van der Waals surface area contributed by atoms with E-state index < -0.39 is 91.5 Å². The molecule has 4 N–H and O–H groups in total. The summed E-state index contributed by atoms with van der Waals surface area (Å²) in [5, 5.41) is 20.7. The summed E-state index contributed by atoms with van der Waals surface area (Å²) in [6.45, 7) is 2.36. The van der Waals surface area contributed by atoms with E-state index in [1.54, 1.807) is 0 Å². The van der Waals surface area contributed by atoms with E-state index in [1.807, 2.05) is 0 Å². The van der Waals surface area contributed by atoms with Crippen LogP contribution in [-0.4, -0.2) is 95.9 Å². The van der Waals surface area contributed by atoms with Crippen molar-refractivity contribution >= 4 is 33.6 Å². The Balaban J connectivity index is 4.47. The van der Waals surface area contributed by atoms with Gasteiger partial charge in [0.25, 0.3) is 0 Å². The van der Waals surface area contributed by atoms with E-state index in [9.17, 15) is 43.5 Å². The average molecular weight is 1620 g/mol. The van der Waals surface area contributed by atoms with Crippen LogP contribution in [-0.2, 0) is 55.8 Å². The molecule has 0 saturated heterocycles. The van der Waals surface area contributed by atoms with Gasteiger partial charge < -0.3 is 34.2 Å². The molecule has 5 atom stereocenters. The third-order valence-electron chi connectivity index (χ3n) is 18.7. The number of allylic oxidation sites excluding steroid dienone is 26. The van der Waals surface area contributed by atoms with Crippen LogP contribution in [0.5, 0.6) is 0 Å². The van der Waals surface area contributed by atoms with Crippen molar-refractivity contribution in [3.8, 4) is 0 Å². The van der Waals surface area contributed by atoms with Gasteiger partial charge in [0, 0.05) is 19.3 Å². The zero-order valence-corrected chi connectivity index (χ0v) is 73.0. The SMILES string of the molecule is CC/C=C\C/C=C\C/C=C\C/C=C\C/C=C\CCCCCCCCCCCCCCCCCC(=O)OCC(O)COP(=O)(O)OCC(O)COP(=O)(O)OCC(COC(=O)CCCCCCCCCCCCCCCCC/C=C\C/C=C\C/C=C\C/C=C\C/C=C\CC)OC(=O)CCCCCCC/C=C\C/C=C\C/C=C\CC. The lowest BCUT2D eigenvalue weighted by atomic mass is 10.0. The number of hydrogen-bond acceptors (Lipinski definition) is 14. The number of hydrogen-bond donors (Lipinski definition) is 4. The summed E-state index contributed by atoms with van der Waals surface area (Å²) in [7, 11) is -9.81. The molecule has 0 fully saturated rings. The van der Waals surface area contributed by atoms with Gasteiger partial charge in [-0.15, -0.1) is 0 Å². The maximum Gasteiger partial charge on any atom is 0.472 e. The molecule has 5 unspecified atom stereocenters. The van der Waals surface area contributed by atoms with Crippen LogP contribution in [0.3, 0.4) is 0 Å². The van der Waals surface area contributed by atoms with Gasteiger partial charge in [-0.2, -0.15) is 0 Å². The standard InChI is InChI=1S/C95H162O16P2/c1-4-7-10-13-16-19-22-25-28-30-32-34-36-38-40-42-44-46-48-50-52-54-56-58-61-63-66-69-72-75-78-81-93(98)105-84-90(96)85-107-112(101,102)108-86-91(97)87-109-113(103,104)110-89-92(111-95(100)83-80-77-74-71-68-65-60-27-24-21-18-15-12-9-6-3)88-106-94(99)82-79-76-73-70-67-64-62-59-57-55-53-51-49-47-45-43-41-39-37-35-33-31-29-26-23-20-17-14-11-8-5-2/h7-12,16-21,25-29,32-35,38-41,60,90-92,96-97H,4-6,13-15,22-24,30-31,36-37,42-59,61-89H2,1-3H3,(H,101,102)(H,103,104)/b10-7-,11-8-,12-9-,19-16-,20-17-,21-18-,28-25-,29-26-,34-32-,35-33-,40-38-,41-39-,60-27-. The number of ether oxygens (including phenoxy) is 3. The molecule has 0 aromatic heterocycles. The van der Waals surface area contributed by atoms with E-state index in [1.165, 1.54) is 154 Å². The maximum absolute atomic E-state index is 13.0. The van der Waals surface area contributed by atoms with Gasteiger partial charge in [-0.3, -0.25) is 32.5 Å². The van der Waals surface area contributed by atoms with Crippen LogP contribution in [0.2, 0.25) is 0 Å². The third kappa shape index (κ3) is 87.8. The fourth-order valence-electron chi connectivity index (χ4n) is 12.1. The maximum atomic E-state index is 13.0. The van der Waals surface area contributed by atoms with Crippen LogP contribution in [0, 0.1) is 0 Å². The fraction of sp³-hybridized carbons (Fsp3) is 0.695. The molecule has 0 heterocycles. The second-order valence-electron chi connectivity index (χ2n) is 29.6. The van der Waals surface area contributed by atoms with E-state index in [-0.39, 0.29) is 19.3 Å². The second kappa shape index (κ2) is 86.5. The van der Waals surface area contributed by atoms with Gasteiger partial charge in [0.1, 0.15) is 25.4 Å². The van der Waals surface area contributed by atoms with E-state index >= 15 is 0 Å². The number of rotatable bonds is 84. The van der Waals surface area contributed by atoms with E-state index in [2.05, 4.69) is 179 Å². The Labute approximate surface area is 689 Å². The zero-order chi connectivity index (χ0) is 82.2. The molecular weight excluding hydrogens is 1460 g/mol. The van der Waals surface area contributed by atoms with Crippen molar-refractivity contribution in [2.24, 2.45) is 0 Å². The smallest absolute Gasteiger partial charge is 0.463 e. The van der Waals surface area contributed by atoms with Gasteiger partial charge >= 0.3 is 33.6 Å². The molecule has 18 heteroatoms. The van der Waals surface area contributed by atoms with Crippen molar-refractivity contribution in [3.63, 3.8) is 0 Å². The number of aliphatic hydroxyl groups is 2. The zero-order valence-electron chi connectivity index (χ0n) is 71.3. The highest BCUT2D eigenvalue weighted by Crippen LogP contribution is 2.45. The van der Waals surface area contributed by atoms with Crippen LogP contribution in [0.4, 0.5) is 0 Å². The summed E-state index contributed by atoms with van der Waals surface area (Å²) in [6.07, 6.45) is 110. The van der Waals surface area contributed by atoms with Crippen LogP contribution in [0.1, 0.15) is 367 Å². The van der Waals surface area contributed by atoms with Crippen LogP contribution >= 0.6 is 15.6 Å². The van der Waals surface area contributed by atoms with Crippen LogP contribution in [0.25, 0.3) is 0 Å². The fourth-order valence-corrected chi connectivity index (χ4v) is 13.6. The van der Waals surface area contributed by atoms with Gasteiger partial charge in [-0.05, 0) is 141 Å². The topological polar surface area (TPSA) is 231 Å². The van der Waals surface area contributed by atoms with Crippen molar-refractivity contribution in [1.82, 2.24) is 0 Å². The molecule has 648 valence electrons. The quantitative estimate of drug-likeness (QED) is 0.0146. The van der Waals surface area contributed by atoms with Gasteiger partial charge in [0.15, 0.2) is 6.10 Å². The Hall–Kier alpha value is -4.83. The summed E-state index contributed by atoms with van der Waals surface area (Å²) >= 11 is 0. The molecule has 0 aromatic rings. The Kier molecular flexibility index (Phi) is 82.8. The first-order valence-electron chi connectivity index (χ1n) is 44.8. The van der Waals surface area contributed by atoms with Crippen LogP contribution < -0.4 is 0 Å². The lowest BCUT2D eigenvalue weighted by Gasteiger charge is -2.21.